The van der Waals surface area contributed by atoms with Crippen LogP contribution in [0.25, 0.3) is 22.2 Å². The van der Waals surface area contributed by atoms with Crippen molar-refractivity contribution < 1.29 is 13.6 Å². The summed E-state index contributed by atoms with van der Waals surface area (Å²) in [6.45, 7) is 6.83. The van der Waals surface area contributed by atoms with Crippen molar-refractivity contribution >= 4 is 51.5 Å². The summed E-state index contributed by atoms with van der Waals surface area (Å²) in [4.78, 5) is 27.7. The normalized spacial score (nSPS) is 13.2. The fraction of sp³-hybridized carbons (Fsp3) is 0.227. The van der Waals surface area contributed by atoms with E-state index in [4.69, 9.17) is 34.2 Å². The number of rotatable bonds is 3. The number of nitrogens with zero attached hydrogens (tertiary/aromatic N) is 6. The van der Waals surface area contributed by atoms with E-state index in [0.717, 1.165) is 6.07 Å². The second-order valence-electron chi connectivity index (χ2n) is 7.06. The average molecular weight is 506 g/mol. The molecule has 0 saturated carbocycles. The molecule has 1 aliphatic rings. The maximum Gasteiger partial charge on any atom is 0.246 e. The molecule has 1 amide bonds. The van der Waals surface area contributed by atoms with Crippen LogP contribution in [0.4, 0.5) is 20.3 Å². The number of pyridine rings is 1. The van der Waals surface area contributed by atoms with Crippen molar-refractivity contribution in [2.24, 2.45) is 0 Å². The number of benzene rings is 1. The molecule has 3 aromatic rings. The molecule has 34 heavy (non-hydrogen) atoms. The number of nitrogens with two attached hydrogens (primary N) is 1. The van der Waals surface area contributed by atoms with Crippen LogP contribution in [0.1, 0.15) is 6.92 Å². The number of anilines is 2. The third-order valence-corrected chi connectivity index (χ3v) is 5.70. The van der Waals surface area contributed by atoms with Gasteiger partial charge in [-0.15, -0.1) is 0 Å². The topological polar surface area (TPSA) is 112 Å². The van der Waals surface area contributed by atoms with Crippen molar-refractivity contribution in [3.63, 3.8) is 0 Å². The van der Waals surface area contributed by atoms with Gasteiger partial charge in [-0.05, 0) is 12.1 Å². The molecule has 1 aliphatic heterocycles. The number of carbonyl (C=O) groups is 1. The third kappa shape index (κ3) is 4.71. The number of nitrogen functional groups attached to an aromatic ring is 1. The van der Waals surface area contributed by atoms with E-state index in [9.17, 15) is 9.18 Å². The Bertz CT molecular complexity index is 1280. The monoisotopic (exact) mass is 505 g/mol. The van der Waals surface area contributed by atoms with Crippen molar-refractivity contribution in [2.45, 2.75) is 6.92 Å². The standard InChI is InChI=1S/C20H16Cl2F2N6O.C2H3N/c1-2-13(31)29-3-5-30(6-4-29)20-10-8-26-19(16(24)18(10)27-9-28-20)14-15(23)11(21)7-12(22)17(14)25;1-2-3/h2,7-9H,1,3-6,25H2;1H3. The summed E-state index contributed by atoms with van der Waals surface area (Å²) in [7, 11) is 0. The number of amides is 1. The predicted molar refractivity (Wildman–Crippen MR) is 127 cm³/mol. The lowest BCUT2D eigenvalue weighted by molar-refractivity contribution is -0.126. The Morgan fingerprint density at radius 3 is 2.44 bits per heavy atom. The Kier molecular flexibility index (Phi) is 7.81. The number of aromatic nitrogens is 3. The molecule has 12 heteroatoms. The first-order valence-corrected chi connectivity index (χ1v) is 10.7. The van der Waals surface area contributed by atoms with Gasteiger partial charge in [-0.25, -0.2) is 18.7 Å². The van der Waals surface area contributed by atoms with Gasteiger partial charge in [0.15, 0.2) is 11.6 Å². The lowest BCUT2D eigenvalue weighted by atomic mass is 10.1. The number of piperazine rings is 1. The van der Waals surface area contributed by atoms with Crippen LogP contribution in [0.5, 0.6) is 0 Å². The van der Waals surface area contributed by atoms with Gasteiger partial charge in [0.05, 0.1) is 32.8 Å². The van der Waals surface area contributed by atoms with Crippen LogP contribution < -0.4 is 10.6 Å². The van der Waals surface area contributed by atoms with Gasteiger partial charge in [0, 0.05) is 39.3 Å². The van der Waals surface area contributed by atoms with Crippen molar-refractivity contribution in [3.8, 4) is 17.3 Å². The summed E-state index contributed by atoms with van der Waals surface area (Å²) in [6.07, 6.45) is 3.85. The molecule has 0 atom stereocenters. The maximum atomic E-state index is 15.4. The Morgan fingerprint density at radius 2 is 1.82 bits per heavy atom. The summed E-state index contributed by atoms with van der Waals surface area (Å²) in [5, 5.41) is 7.35. The molecule has 8 nitrogen and oxygen atoms in total. The van der Waals surface area contributed by atoms with Crippen LogP contribution in [-0.4, -0.2) is 51.9 Å². The Hall–Kier alpha value is -3.55. The molecule has 0 spiro atoms. The van der Waals surface area contributed by atoms with Gasteiger partial charge in [0.25, 0.3) is 0 Å². The number of hydrogen-bond donors (Lipinski definition) is 1. The zero-order valence-electron chi connectivity index (χ0n) is 18.0. The smallest absolute Gasteiger partial charge is 0.246 e. The molecular weight excluding hydrogens is 487 g/mol. The molecule has 3 heterocycles. The highest BCUT2D eigenvalue weighted by molar-refractivity contribution is 6.37. The zero-order chi connectivity index (χ0) is 25.0. The van der Waals surface area contributed by atoms with E-state index in [-0.39, 0.29) is 38.4 Å². The minimum atomic E-state index is -0.924. The minimum Gasteiger partial charge on any atom is -0.397 e. The minimum absolute atomic E-state index is 0.0157. The van der Waals surface area contributed by atoms with E-state index in [0.29, 0.717) is 37.4 Å². The first-order valence-electron chi connectivity index (χ1n) is 9.94. The van der Waals surface area contributed by atoms with Gasteiger partial charge in [0.1, 0.15) is 23.4 Å². The highest BCUT2D eigenvalue weighted by Crippen LogP contribution is 2.39. The van der Waals surface area contributed by atoms with Crippen molar-refractivity contribution in [3.05, 3.63) is 52.9 Å². The predicted octanol–water partition coefficient (Wildman–Crippen LogP) is 4.22. The summed E-state index contributed by atoms with van der Waals surface area (Å²) in [5.41, 5.74) is 4.98. The number of fused-ring (bicyclic) bond motifs is 1. The number of hydrogen-bond acceptors (Lipinski definition) is 7. The first-order chi connectivity index (χ1) is 16.2. The van der Waals surface area contributed by atoms with E-state index in [1.165, 1.54) is 25.5 Å². The van der Waals surface area contributed by atoms with Crippen LogP contribution in [0.3, 0.4) is 0 Å². The molecule has 0 aliphatic carbocycles. The fourth-order valence-corrected chi connectivity index (χ4v) is 3.98. The lowest BCUT2D eigenvalue weighted by Crippen LogP contribution is -2.48. The Labute approximate surface area is 204 Å². The van der Waals surface area contributed by atoms with Crippen LogP contribution in [-0.2, 0) is 4.79 Å². The first kappa shape index (κ1) is 25.1. The Balaban J connectivity index is 0.00000103. The summed E-state index contributed by atoms with van der Waals surface area (Å²) < 4.78 is 30.0. The van der Waals surface area contributed by atoms with Gasteiger partial charge in [-0.2, -0.15) is 5.26 Å². The van der Waals surface area contributed by atoms with Crippen LogP contribution in [0.2, 0.25) is 10.0 Å². The summed E-state index contributed by atoms with van der Waals surface area (Å²) >= 11 is 11.8. The SMILES string of the molecule is C=CC(=O)N1CCN(c2ncnc3c(F)c(-c4c(N)c(Cl)cc(Cl)c4F)ncc23)CC1.CC#N. The van der Waals surface area contributed by atoms with Gasteiger partial charge in [-0.3, -0.25) is 9.78 Å². The molecule has 1 saturated heterocycles. The van der Waals surface area contributed by atoms with Crippen molar-refractivity contribution in [2.75, 3.05) is 36.8 Å². The summed E-state index contributed by atoms with van der Waals surface area (Å²) in [6, 6.07) is 2.90. The van der Waals surface area contributed by atoms with Crippen LogP contribution in [0, 0.1) is 23.0 Å². The molecule has 0 radical (unpaired) electrons. The maximum absolute atomic E-state index is 15.4. The van der Waals surface area contributed by atoms with Gasteiger partial charge in [-0.1, -0.05) is 29.8 Å². The van der Waals surface area contributed by atoms with Gasteiger partial charge in [0.2, 0.25) is 5.91 Å². The highest BCUT2D eigenvalue weighted by atomic mass is 35.5. The third-order valence-electron chi connectivity index (χ3n) is 5.11. The molecule has 2 aromatic heterocycles. The van der Waals surface area contributed by atoms with Crippen LogP contribution in [0.15, 0.2) is 31.2 Å². The second kappa shape index (κ2) is 10.6. The molecule has 0 bridgehead atoms. The van der Waals surface area contributed by atoms with E-state index in [1.54, 1.807) is 11.0 Å². The molecule has 0 unspecified atom stereocenters. The molecule has 176 valence electrons. The quantitative estimate of drug-likeness (QED) is 0.322. The van der Waals surface area contributed by atoms with Crippen LogP contribution >= 0.6 is 23.2 Å². The number of halogens is 4. The lowest BCUT2D eigenvalue weighted by Gasteiger charge is -2.35. The molecular formula is C22H19Cl2F2N7O. The molecule has 1 aromatic carbocycles. The number of carbonyl (C=O) groups excluding carboxylic acids is 1. The van der Waals surface area contributed by atoms with Crippen molar-refractivity contribution in [1.82, 2.24) is 19.9 Å². The van der Waals surface area contributed by atoms with Crippen molar-refractivity contribution in [1.29, 1.82) is 5.26 Å². The largest absolute Gasteiger partial charge is 0.397 e. The molecule has 2 N–H and O–H groups in total. The van der Waals surface area contributed by atoms with E-state index in [1.807, 2.05) is 4.90 Å². The second-order valence-corrected chi connectivity index (χ2v) is 7.88. The highest BCUT2D eigenvalue weighted by Gasteiger charge is 2.26. The van der Waals surface area contributed by atoms with Gasteiger partial charge < -0.3 is 15.5 Å². The average Bonchev–Trinajstić information content (AvgIpc) is 2.84. The van der Waals surface area contributed by atoms with E-state index >= 15 is 4.39 Å². The Morgan fingerprint density at radius 1 is 1.18 bits per heavy atom. The van der Waals surface area contributed by atoms with E-state index in [2.05, 4.69) is 21.5 Å². The van der Waals surface area contributed by atoms with E-state index < -0.39 is 11.6 Å². The van der Waals surface area contributed by atoms with Gasteiger partial charge >= 0.3 is 0 Å². The molecule has 1 fully saturated rings. The zero-order valence-corrected chi connectivity index (χ0v) is 19.5. The summed E-state index contributed by atoms with van der Waals surface area (Å²) in [5.74, 6) is -1.48. The number of nitriles is 1. The molecule has 4 rings (SSSR count). The fourth-order valence-electron chi connectivity index (χ4n) is 3.51.